The summed E-state index contributed by atoms with van der Waals surface area (Å²) in [6, 6.07) is 0.618. The zero-order chi connectivity index (χ0) is 13.2. The maximum absolute atomic E-state index is 12.0. The van der Waals surface area contributed by atoms with Crippen LogP contribution in [0.25, 0.3) is 0 Å². The number of aldehydes is 1. The molecule has 0 aliphatic heterocycles. The number of aromatic nitrogens is 1. The van der Waals surface area contributed by atoms with Gasteiger partial charge in [-0.2, -0.15) is 0 Å². The minimum Gasteiger partial charge on any atom is -0.397 e. The Bertz CT molecular complexity index is 477. The van der Waals surface area contributed by atoms with Crippen LogP contribution in [-0.2, 0) is 0 Å². The first-order chi connectivity index (χ1) is 7.74. The molecule has 6 nitrogen and oxygen atoms in total. The number of hydrogen-bond donors (Lipinski definition) is 0. The van der Waals surface area contributed by atoms with Crippen molar-refractivity contribution in [1.82, 2.24) is 4.98 Å². The fourth-order valence-electron chi connectivity index (χ4n) is 0.891. The molecular formula is C7H2F3IN2O4. The molecule has 0 saturated carbocycles. The highest BCUT2D eigenvalue weighted by atomic mass is 127. The third kappa shape index (κ3) is 3.51. The second-order valence-corrected chi connectivity index (χ2v) is 3.63. The summed E-state index contributed by atoms with van der Waals surface area (Å²) < 4.78 is 39.2. The van der Waals surface area contributed by atoms with Gasteiger partial charge in [0.15, 0.2) is 6.29 Å². The molecule has 0 bridgehead atoms. The number of alkyl halides is 3. The number of hydrogen-bond acceptors (Lipinski definition) is 5. The highest BCUT2D eigenvalue weighted by Crippen LogP contribution is 2.32. The van der Waals surface area contributed by atoms with Gasteiger partial charge < -0.3 is 14.9 Å². The van der Waals surface area contributed by atoms with Crippen molar-refractivity contribution in [2.45, 2.75) is 6.36 Å². The molecular weight excluding hydrogens is 360 g/mol. The number of carbonyl (C=O) groups is 1. The summed E-state index contributed by atoms with van der Waals surface area (Å²) in [5, 5.41) is 10.5. The van der Waals surface area contributed by atoms with E-state index >= 15 is 0 Å². The normalized spacial score (nSPS) is 11.1. The van der Waals surface area contributed by atoms with Gasteiger partial charge in [-0.15, -0.1) is 13.2 Å². The van der Waals surface area contributed by atoms with Crippen LogP contribution in [-0.4, -0.2) is 22.6 Å². The number of nitrogens with zero attached hydrogens (tertiary/aromatic N) is 2. The van der Waals surface area contributed by atoms with Crippen molar-refractivity contribution in [2.75, 3.05) is 0 Å². The van der Waals surface area contributed by atoms with E-state index in [0.29, 0.717) is 6.07 Å². The molecule has 0 amide bonds. The predicted molar refractivity (Wildman–Crippen MR) is 55.7 cm³/mol. The van der Waals surface area contributed by atoms with E-state index < -0.39 is 22.9 Å². The summed E-state index contributed by atoms with van der Waals surface area (Å²) in [5.41, 5.74) is -0.226. The molecule has 0 aliphatic carbocycles. The Labute approximate surface area is 105 Å². The summed E-state index contributed by atoms with van der Waals surface area (Å²) in [4.78, 5) is 23.1. The van der Waals surface area contributed by atoms with Crippen LogP contribution in [0.3, 0.4) is 0 Å². The van der Waals surface area contributed by atoms with Gasteiger partial charge in [-0.05, 0) is 9.91 Å². The number of rotatable bonds is 3. The molecule has 1 aromatic heterocycles. The Balaban J connectivity index is 3.34. The van der Waals surface area contributed by atoms with E-state index in [0.717, 1.165) is 0 Å². The number of halogens is 4. The number of pyridine rings is 1. The van der Waals surface area contributed by atoms with Crippen molar-refractivity contribution >= 4 is 34.7 Å². The standard InChI is InChI=1S/C7H2F3IN2O4/c8-7(9,10)17-4-1-3(2-14)5(11)12-6(4)13(15)16/h1-2H. The second-order valence-electron chi connectivity index (χ2n) is 2.61. The molecule has 0 radical (unpaired) electrons. The first-order valence-electron chi connectivity index (χ1n) is 3.80. The minimum atomic E-state index is -5.10. The third-order valence-electron chi connectivity index (χ3n) is 1.47. The average Bonchev–Trinajstić information content (AvgIpc) is 2.17. The van der Waals surface area contributed by atoms with Crippen molar-refractivity contribution in [3.8, 4) is 5.75 Å². The van der Waals surface area contributed by atoms with Gasteiger partial charge in [-0.25, -0.2) is 0 Å². The van der Waals surface area contributed by atoms with Crippen molar-refractivity contribution in [1.29, 1.82) is 0 Å². The van der Waals surface area contributed by atoms with Gasteiger partial charge in [0.2, 0.25) is 9.45 Å². The molecule has 1 rings (SSSR count). The fourth-order valence-corrected chi connectivity index (χ4v) is 1.40. The zero-order valence-electron chi connectivity index (χ0n) is 7.69. The summed E-state index contributed by atoms with van der Waals surface area (Å²) >= 11 is 1.49. The molecule has 10 heteroatoms. The minimum absolute atomic E-state index is 0.0844. The fraction of sp³-hybridized carbons (Fsp3) is 0.143. The van der Waals surface area contributed by atoms with Crippen LogP contribution in [0.2, 0.25) is 0 Å². The lowest BCUT2D eigenvalue weighted by Gasteiger charge is -2.08. The molecule has 0 aliphatic rings. The summed E-state index contributed by atoms with van der Waals surface area (Å²) in [7, 11) is 0. The molecule has 1 heterocycles. The number of carbonyl (C=O) groups excluding carboxylic acids is 1. The molecule has 0 fully saturated rings. The molecule has 0 saturated heterocycles. The maximum Gasteiger partial charge on any atom is 0.573 e. The topological polar surface area (TPSA) is 82.3 Å². The Hall–Kier alpha value is -1.46. The lowest BCUT2D eigenvalue weighted by molar-refractivity contribution is -0.393. The molecule has 1 aromatic rings. The Morgan fingerprint density at radius 1 is 1.53 bits per heavy atom. The predicted octanol–water partition coefficient (Wildman–Crippen LogP) is 2.31. The second kappa shape index (κ2) is 4.81. The molecule has 0 N–H and O–H groups in total. The van der Waals surface area contributed by atoms with Crippen molar-refractivity contribution in [3.05, 3.63) is 25.4 Å². The third-order valence-corrected chi connectivity index (χ3v) is 2.34. The lowest BCUT2D eigenvalue weighted by atomic mass is 10.3. The first kappa shape index (κ1) is 13.6. The van der Waals surface area contributed by atoms with E-state index in [1.165, 1.54) is 22.6 Å². The summed E-state index contributed by atoms with van der Waals surface area (Å²) in [6.45, 7) is 0. The van der Waals surface area contributed by atoms with E-state index in [1.54, 1.807) is 0 Å². The van der Waals surface area contributed by atoms with Crippen LogP contribution in [0.5, 0.6) is 5.75 Å². The van der Waals surface area contributed by atoms with Crippen LogP contribution in [0.1, 0.15) is 10.4 Å². The van der Waals surface area contributed by atoms with Gasteiger partial charge in [0.25, 0.3) is 0 Å². The number of nitro groups is 1. The molecule has 0 spiro atoms. The lowest BCUT2D eigenvalue weighted by Crippen LogP contribution is -2.18. The van der Waals surface area contributed by atoms with Gasteiger partial charge in [-0.3, -0.25) is 4.79 Å². The molecule has 17 heavy (non-hydrogen) atoms. The van der Waals surface area contributed by atoms with E-state index in [-0.39, 0.29) is 15.6 Å². The smallest absolute Gasteiger partial charge is 0.397 e. The molecule has 0 atom stereocenters. The van der Waals surface area contributed by atoms with Gasteiger partial charge >= 0.3 is 12.2 Å². The maximum atomic E-state index is 12.0. The Morgan fingerprint density at radius 3 is 2.53 bits per heavy atom. The SMILES string of the molecule is O=Cc1cc(OC(F)(F)F)c([N+](=O)[O-])nc1I. The molecule has 0 unspecified atom stereocenters. The van der Waals surface area contributed by atoms with E-state index in [9.17, 15) is 28.1 Å². The van der Waals surface area contributed by atoms with Gasteiger partial charge in [0.1, 0.15) is 0 Å². The van der Waals surface area contributed by atoms with Crippen LogP contribution >= 0.6 is 22.6 Å². The highest BCUT2D eigenvalue weighted by molar-refractivity contribution is 14.1. The molecule has 0 aromatic carbocycles. The van der Waals surface area contributed by atoms with Crippen LogP contribution in [0, 0.1) is 13.8 Å². The van der Waals surface area contributed by atoms with Crippen LogP contribution < -0.4 is 4.74 Å². The van der Waals surface area contributed by atoms with Gasteiger partial charge in [0.05, 0.1) is 5.56 Å². The Kier molecular flexibility index (Phi) is 3.85. The largest absolute Gasteiger partial charge is 0.573 e. The summed E-state index contributed by atoms with van der Waals surface area (Å²) in [6.07, 6.45) is -4.87. The van der Waals surface area contributed by atoms with E-state index in [2.05, 4.69) is 9.72 Å². The van der Waals surface area contributed by atoms with Crippen LogP contribution in [0.4, 0.5) is 19.0 Å². The average molecular weight is 362 g/mol. The van der Waals surface area contributed by atoms with E-state index in [1.807, 2.05) is 0 Å². The first-order valence-corrected chi connectivity index (χ1v) is 4.88. The van der Waals surface area contributed by atoms with Crippen molar-refractivity contribution in [3.63, 3.8) is 0 Å². The Morgan fingerprint density at radius 2 is 2.12 bits per heavy atom. The highest BCUT2D eigenvalue weighted by Gasteiger charge is 2.35. The quantitative estimate of drug-likeness (QED) is 0.271. The van der Waals surface area contributed by atoms with E-state index in [4.69, 9.17) is 0 Å². The molecule has 92 valence electrons. The monoisotopic (exact) mass is 362 g/mol. The zero-order valence-corrected chi connectivity index (χ0v) is 9.85. The van der Waals surface area contributed by atoms with Gasteiger partial charge in [0, 0.05) is 28.7 Å². The van der Waals surface area contributed by atoms with Gasteiger partial charge in [-0.1, -0.05) is 0 Å². The van der Waals surface area contributed by atoms with Crippen molar-refractivity contribution in [2.24, 2.45) is 0 Å². The van der Waals surface area contributed by atoms with Crippen LogP contribution in [0.15, 0.2) is 6.07 Å². The van der Waals surface area contributed by atoms with Crippen molar-refractivity contribution < 1.29 is 27.6 Å². The summed E-state index contributed by atoms with van der Waals surface area (Å²) in [5.74, 6) is -2.22. The number of ether oxygens (including phenoxy) is 1.